The number of pyridine rings is 2. The summed E-state index contributed by atoms with van der Waals surface area (Å²) in [6.45, 7) is 4.29. The maximum atomic E-state index is 13.9. The minimum absolute atomic E-state index is 0.0231. The number of anilines is 3. The van der Waals surface area contributed by atoms with Gasteiger partial charge in [-0.15, -0.1) is 0 Å². The lowest BCUT2D eigenvalue weighted by molar-refractivity contribution is -0.137. The molecule has 1 saturated heterocycles. The lowest BCUT2D eigenvalue weighted by Gasteiger charge is -2.39. The molecule has 2 amide bonds. The highest BCUT2D eigenvalue weighted by Crippen LogP contribution is 2.42. The highest BCUT2D eigenvalue weighted by molar-refractivity contribution is 6.10. The van der Waals surface area contributed by atoms with Crippen LogP contribution in [0, 0.1) is 19.8 Å². The number of para-hydroxylation sites is 1. The molecule has 0 saturated carbocycles. The third-order valence-corrected chi connectivity index (χ3v) is 7.00. The van der Waals surface area contributed by atoms with Crippen molar-refractivity contribution in [3.63, 3.8) is 0 Å². The zero-order valence-corrected chi connectivity index (χ0v) is 20.7. The van der Waals surface area contributed by atoms with Crippen LogP contribution in [-0.2, 0) is 22.3 Å². The molecule has 1 aromatic carbocycles. The highest BCUT2D eigenvalue weighted by atomic mass is 19.4. The standard InChI is InChI=1S/C27H26F3N5O2/c1-16-5-4-6-21-24(16)34(14-18-7-9-31-10-8-18)15-19-12-23(36)35(25(19)26(37)33(21)3)22-13-20(27(28,29)30)11-17(2)32-22/h4-11,13,19,25H,12,14-15H2,1-3H3/t19-,25+/m1/s1. The van der Waals surface area contributed by atoms with Crippen molar-refractivity contribution in [2.75, 3.05) is 28.3 Å². The number of fused-ring (bicyclic) bond motifs is 2. The van der Waals surface area contributed by atoms with E-state index in [1.807, 2.05) is 37.3 Å². The van der Waals surface area contributed by atoms with Gasteiger partial charge in [-0.25, -0.2) is 4.98 Å². The molecule has 0 unspecified atom stereocenters. The lowest BCUT2D eigenvalue weighted by Crippen LogP contribution is -2.52. The van der Waals surface area contributed by atoms with E-state index >= 15 is 0 Å². The van der Waals surface area contributed by atoms with Gasteiger partial charge >= 0.3 is 6.18 Å². The van der Waals surface area contributed by atoms with Gasteiger partial charge in [0.1, 0.15) is 11.9 Å². The quantitative estimate of drug-likeness (QED) is 0.520. The zero-order chi connectivity index (χ0) is 26.5. The molecule has 7 nitrogen and oxygen atoms in total. The molecule has 192 valence electrons. The van der Waals surface area contributed by atoms with Crippen molar-refractivity contribution < 1.29 is 22.8 Å². The predicted octanol–water partition coefficient (Wildman–Crippen LogP) is 4.52. The zero-order valence-electron chi connectivity index (χ0n) is 20.7. The maximum absolute atomic E-state index is 13.9. The van der Waals surface area contributed by atoms with Crippen LogP contribution >= 0.6 is 0 Å². The van der Waals surface area contributed by atoms with E-state index in [1.165, 1.54) is 11.8 Å². The summed E-state index contributed by atoms with van der Waals surface area (Å²) in [7, 11) is 1.64. The van der Waals surface area contributed by atoms with Gasteiger partial charge in [0.25, 0.3) is 0 Å². The summed E-state index contributed by atoms with van der Waals surface area (Å²) < 4.78 is 40.7. The van der Waals surface area contributed by atoms with E-state index in [2.05, 4.69) is 14.9 Å². The van der Waals surface area contributed by atoms with Gasteiger partial charge in [0.15, 0.2) is 0 Å². The highest BCUT2D eigenvalue weighted by Gasteiger charge is 2.49. The number of carbonyl (C=O) groups excluding carboxylic acids is 2. The van der Waals surface area contributed by atoms with E-state index in [0.717, 1.165) is 33.8 Å². The van der Waals surface area contributed by atoms with Crippen LogP contribution in [0.3, 0.4) is 0 Å². The Balaban J connectivity index is 1.61. The van der Waals surface area contributed by atoms with Crippen LogP contribution in [0.1, 0.15) is 28.8 Å². The SMILES string of the molecule is Cc1cc(C(F)(F)F)cc(N2C(=O)C[C@@H]3CN(Cc4ccncc4)c4c(C)cccc4N(C)C(=O)[C@H]32)n1. The van der Waals surface area contributed by atoms with E-state index < -0.39 is 29.6 Å². The van der Waals surface area contributed by atoms with Gasteiger partial charge in [0.05, 0.1) is 16.9 Å². The van der Waals surface area contributed by atoms with Gasteiger partial charge in [-0.3, -0.25) is 19.5 Å². The summed E-state index contributed by atoms with van der Waals surface area (Å²) >= 11 is 0. The first kappa shape index (κ1) is 24.7. The Morgan fingerprint density at radius 2 is 1.78 bits per heavy atom. The van der Waals surface area contributed by atoms with Gasteiger partial charge in [-0.1, -0.05) is 12.1 Å². The molecule has 2 aliphatic rings. The Labute approximate surface area is 212 Å². The van der Waals surface area contributed by atoms with Gasteiger partial charge in [-0.05, 0) is 55.3 Å². The van der Waals surface area contributed by atoms with Crippen molar-refractivity contribution in [2.24, 2.45) is 5.92 Å². The van der Waals surface area contributed by atoms with Crippen LogP contribution in [0.4, 0.5) is 30.4 Å². The first-order valence-corrected chi connectivity index (χ1v) is 11.9. The number of rotatable bonds is 3. The second-order valence-corrected chi connectivity index (χ2v) is 9.60. The van der Waals surface area contributed by atoms with Crippen LogP contribution < -0.4 is 14.7 Å². The molecular weight excluding hydrogens is 483 g/mol. The summed E-state index contributed by atoms with van der Waals surface area (Å²) in [6.07, 6.45) is -1.17. The van der Waals surface area contributed by atoms with Crippen molar-refractivity contribution in [3.8, 4) is 0 Å². The van der Waals surface area contributed by atoms with E-state index in [0.29, 0.717) is 18.8 Å². The Morgan fingerprint density at radius 1 is 1.05 bits per heavy atom. The molecule has 2 aliphatic heterocycles. The Bertz CT molecular complexity index is 1360. The van der Waals surface area contributed by atoms with Crippen LogP contribution in [0.15, 0.2) is 54.9 Å². The van der Waals surface area contributed by atoms with Crippen molar-refractivity contribution in [1.29, 1.82) is 0 Å². The molecular formula is C27H26F3N5O2. The normalized spacial score (nSPS) is 20.0. The third-order valence-electron chi connectivity index (χ3n) is 7.00. The van der Waals surface area contributed by atoms with Gasteiger partial charge in [0, 0.05) is 50.6 Å². The summed E-state index contributed by atoms with van der Waals surface area (Å²) in [4.78, 5) is 40.3. The number of aryl methyl sites for hydroxylation is 2. The van der Waals surface area contributed by atoms with Crippen molar-refractivity contribution in [1.82, 2.24) is 9.97 Å². The van der Waals surface area contributed by atoms with Gasteiger partial charge in [0.2, 0.25) is 11.8 Å². The molecule has 2 aromatic heterocycles. The number of alkyl halides is 3. The average Bonchev–Trinajstić information content (AvgIpc) is 3.17. The van der Waals surface area contributed by atoms with Crippen LogP contribution in [0.5, 0.6) is 0 Å². The van der Waals surface area contributed by atoms with E-state index in [1.54, 1.807) is 19.4 Å². The average molecular weight is 510 g/mol. The Hall–Kier alpha value is -3.95. The lowest BCUT2D eigenvalue weighted by atomic mass is 9.94. The molecule has 0 bridgehead atoms. The van der Waals surface area contributed by atoms with E-state index in [9.17, 15) is 22.8 Å². The molecule has 5 rings (SSSR count). The second-order valence-electron chi connectivity index (χ2n) is 9.60. The number of hydrogen-bond acceptors (Lipinski definition) is 5. The monoisotopic (exact) mass is 509 g/mol. The molecule has 1 fully saturated rings. The first-order chi connectivity index (χ1) is 17.5. The number of nitrogens with zero attached hydrogens (tertiary/aromatic N) is 5. The summed E-state index contributed by atoms with van der Waals surface area (Å²) in [5, 5.41) is 0. The minimum atomic E-state index is -4.61. The maximum Gasteiger partial charge on any atom is 0.416 e. The Morgan fingerprint density at radius 3 is 2.49 bits per heavy atom. The minimum Gasteiger partial charge on any atom is -0.365 e. The van der Waals surface area contributed by atoms with Crippen molar-refractivity contribution in [3.05, 3.63) is 77.2 Å². The molecule has 0 aliphatic carbocycles. The summed E-state index contributed by atoms with van der Waals surface area (Å²) in [6, 6.07) is 10.3. The number of carbonyl (C=O) groups is 2. The number of benzene rings is 1. The summed E-state index contributed by atoms with van der Waals surface area (Å²) in [5.74, 6) is -1.39. The largest absolute Gasteiger partial charge is 0.416 e. The third kappa shape index (κ3) is 4.52. The summed E-state index contributed by atoms with van der Waals surface area (Å²) in [5.41, 5.74) is 2.75. The smallest absolute Gasteiger partial charge is 0.365 e. The number of hydrogen-bond donors (Lipinski definition) is 0. The second kappa shape index (κ2) is 9.17. The fraction of sp³-hybridized carbons (Fsp3) is 0.333. The molecule has 37 heavy (non-hydrogen) atoms. The number of halogens is 3. The van der Waals surface area contributed by atoms with Gasteiger partial charge < -0.3 is 9.80 Å². The molecule has 2 atom stereocenters. The molecule has 3 aromatic rings. The van der Waals surface area contributed by atoms with Crippen LogP contribution in [-0.4, -0.2) is 41.4 Å². The molecule has 0 radical (unpaired) electrons. The van der Waals surface area contributed by atoms with Crippen molar-refractivity contribution in [2.45, 2.75) is 39.0 Å². The molecule has 0 N–H and O–H groups in total. The van der Waals surface area contributed by atoms with Gasteiger partial charge in [-0.2, -0.15) is 13.2 Å². The first-order valence-electron chi connectivity index (χ1n) is 11.9. The number of amides is 2. The fourth-order valence-corrected chi connectivity index (χ4v) is 5.35. The van der Waals surface area contributed by atoms with Crippen LogP contribution in [0.25, 0.3) is 0 Å². The molecule has 4 heterocycles. The number of likely N-dealkylation sites (N-methyl/N-ethyl adjacent to an activating group) is 1. The topological polar surface area (TPSA) is 69.6 Å². The van der Waals surface area contributed by atoms with Crippen LogP contribution in [0.2, 0.25) is 0 Å². The molecule has 0 spiro atoms. The Kier molecular flexibility index (Phi) is 6.13. The van der Waals surface area contributed by atoms with E-state index in [-0.39, 0.29) is 23.8 Å². The predicted molar refractivity (Wildman–Crippen MR) is 133 cm³/mol. The fourth-order valence-electron chi connectivity index (χ4n) is 5.35. The van der Waals surface area contributed by atoms with E-state index in [4.69, 9.17) is 0 Å². The number of aromatic nitrogens is 2. The molecule has 10 heteroatoms. The van der Waals surface area contributed by atoms with Crippen molar-refractivity contribution >= 4 is 29.0 Å².